The molecule has 2 aromatic rings. The zero-order valence-electron chi connectivity index (χ0n) is 10.9. The van der Waals surface area contributed by atoms with Crippen molar-refractivity contribution >= 4 is 11.9 Å². The van der Waals surface area contributed by atoms with Crippen molar-refractivity contribution in [1.82, 2.24) is 4.73 Å². The number of nitrogens with two attached hydrogens (primary N) is 2. The number of hydrogen-bond acceptors (Lipinski definition) is 5. The Kier molecular flexibility index (Phi) is 3.98. The molecule has 0 fully saturated rings. The summed E-state index contributed by atoms with van der Waals surface area (Å²) in [6.07, 6.45) is 0. The van der Waals surface area contributed by atoms with Gasteiger partial charge in [-0.05, 0) is 17.7 Å². The van der Waals surface area contributed by atoms with E-state index in [1.165, 1.54) is 24.3 Å². The summed E-state index contributed by atoms with van der Waals surface area (Å²) in [4.78, 5) is 20.6. The fourth-order valence-electron chi connectivity index (χ4n) is 1.56. The number of rotatable bonds is 4. The summed E-state index contributed by atoms with van der Waals surface area (Å²) in [5.74, 6) is -1.52. The third-order valence-electron chi connectivity index (χ3n) is 2.61. The highest BCUT2D eigenvalue weighted by atomic mass is 16.7. The van der Waals surface area contributed by atoms with Gasteiger partial charge in [-0.3, -0.25) is 0 Å². The zero-order chi connectivity index (χ0) is 15.4. The van der Waals surface area contributed by atoms with Gasteiger partial charge in [0.2, 0.25) is 11.8 Å². The van der Waals surface area contributed by atoms with Crippen LogP contribution in [0.1, 0.15) is 15.9 Å². The van der Waals surface area contributed by atoms with Gasteiger partial charge in [-0.15, -0.1) is 4.73 Å². The van der Waals surface area contributed by atoms with Crippen LogP contribution in [0.25, 0.3) is 0 Å². The number of carbonyl (C=O) groups is 1. The predicted octanol–water partition coefficient (Wildman–Crippen LogP) is -0.0583. The molecule has 110 valence electrons. The summed E-state index contributed by atoms with van der Waals surface area (Å²) in [6.45, 7) is 0.302. The van der Waals surface area contributed by atoms with Gasteiger partial charge in [0.1, 0.15) is 0 Å². The summed E-state index contributed by atoms with van der Waals surface area (Å²) in [5.41, 5.74) is 11.5. The summed E-state index contributed by atoms with van der Waals surface area (Å²) in [6, 6.07) is 8.77. The smallest absolute Gasteiger partial charge is 0.363 e. The minimum Gasteiger partial charge on any atom is -0.492 e. The Bertz CT molecular complexity index is 652. The monoisotopic (exact) mass is 290 g/mol. The molecule has 0 atom stereocenters. The summed E-state index contributed by atoms with van der Waals surface area (Å²) < 4.78 is 0.621. The third-order valence-corrected chi connectivity index (χ3v) is 2.61. The molecule has 21 heavy (non-hydrogen) atoms. The van der Waals surface area contributed by atoms with Crippen LogP contribution in [0.3, 0.4) is 0 Å². The second-order valence-electron chi connectivity index (χ2n) is 4.16. The maximum Gasteiger partial charge on any atom is 0.363 e. The molecule has 1 aromatic carbocycles. The highest BCUT2D eigenvalue weighted by Gasteiger charge is 2.13. The van der Waals surface area contributed by atoms with Gasteiger partial charge < -0.3 is 26.5 Å². The van der Waals surface area contributed by atoms with Crippen molar-refractivity contribution in [2.24, 2.45) is 16.5 Å². The third kappa shape index (κ3) is 3.44. The van der Waals surface area contributed by atoms with E-state index in [4.69, 9.17) is 16.3 Å². The topological polar surface area (TPSA) is 136 Å². The van der Waals surface area contributed by atoms with Crippen LogP contribution in [0, 0.1) is 0 Å². The van der Waals surface area contributed by atoms with Crippen LogP contribution in [-0.4, -0.2) is 26.9 Å². The molecule has 0 amide bonds. The van der Waals surface area contributed by atoms with Crippen molar-refractivity contribution in [3.63, 3.8) is 0 Å². The summed E-state index contributed by atoms with van der Waals surface area (Å²) in [7, 11) is 0. The fourth-order valence-corrected chi connectivity index (χ4v) is 1.56. The lowest BCUT2D eigenvalue weighted by molar-refractivity contribution is 0.0381. The molecule has 0 aliphatic heterocycles. The molecule has 0 saturated heterocycles. The van der Waals surface area contributed by atoms with Gasteiger partial charge in [0.25, 0.3) is 0 Å². The van der Waals surface area contributed by atoms with E-state index in [1.54, 1.807) is 12.1 Å². The molecule has 0 bridgehead atoms. The lowest BCUT2D eigenvalue weighted by Gasteiger charge is -2.07. The normalized spacial score (nSPS) is 10.1. The van der Waals surface area contributed by atoms with Crippen LogP contribution in [0.15, 0.2) is 41.4 Å². The second-order valence-corrected chi connectivity index (χ2v) is 4.16. The number of nitrogens with zero attached hydrogens (tertiary/aromatic N) is 2. The Morgan fingerprint density at radius 3 is 2.19 bits per heavy atom. The van der Waals surface area contributed by atoms with Crippen molar-refractivity contribution in [2.45, 2.75) is 6.54 Å². The maximum atomic E-state index is 11.9. The van der Waals surface area contributed by atoms with Crippen LogP contribution < -0.4 is 16.3 Å². The molecular weight excluding hydrogens is 276 g/mol. The number of carbonyl (C=O) groups excluding carboxylic acids is 1. The molecule has 2 rings (SSSR count). The van der Waals surface area contributed by atoms with E-state index in [9.17, 15) is 15.0 Å². The van der Waals surface area contributed by atoms with Crippen LogP contribution in [0.4, 0.5) is 0 Å². The van der Waals surface area contributed by atoms with Crippen molar-refractivity contribution < 1.29 is 19.8 Å². The number of guanidine groups is 1. The number of aromatic nitrogens is 1. The van der Waals surface area contributed by atoms with Gasteiger partial charge in [0, 0.05) is 12.1 Å². The molecule has 0 radical (unpaired) electrons. The van der Waals surface area contributed by atoms with Gasteiger partial charge in [0.15, 0.2) is 5.96 Å². The van der Waals surface area contributed by atoms with Crippen LogP contribution >= 0.6 is 0 Å². The van der Waals surface area contributed by atoms with Gasteiger partial charge in [-0.1, -0.05) is 12.1 Å². The maximum absolute atomic E-state index is 11.9. The Labute approximate surface area is 119 Å². The highest BCUT2D eigenvalue weighted by molar-refractivity contribution is 5.89. The van der Waals surface area contributed by atoms with E-state index < -0.39 is 5.97 Å². The quantitative estimate of drug-likeness (QED) is 0.460. The number of hydrogen-bond donors (Lipinski definition) is 4. The molecule has 0 saturated carbocycles. The Morgan fingerprint density at radius 1 is 1.10 bits per heavy atom. The predicted molar refractivity (Wildman–Crippen MR) is 74.6 cm³/mol. The van der Waals surface area contributed by atoms with E-state index in [2.05, 4.69) is 4.99 Å². The van der Waals surface area contributed by atoms with E-state index in [0.29, 0.717) is 11.3 Å². The van der Waals surface area contributed by atoms with Crippen LogP contribution in [0.2, 0.25) is 0 Å². The first kappa shape index (κ1) is 14.3. The van der Waals surface area contributed by atoms with Crippen molar-refractivity contribution in [3.8, 4) is 11.8 Å². The van der Waals surface area contributed by atoms with Gasteiger partial charge in [-0.25, -0.2) is 9.79 Å². The Morgan fingerprint density at radius 2 is 1.67 bits per heavy atom. The molecule has 8 nitrogen and oxygen atoms in total. The second kappa shape index (κ2) is 5.87. The highest BCUT2D eigenvalue weighted by Crippen LogP contribution is 2.19. The number of benzene rings is 1. The fraction of sp³-hybridized carbons (Fsp3) is 0.0769. The Hall–Kier alpha value is -3.16. The van der Waals surface area contributed by atoms with Gasteiger partial charge >= 0.3 is 5.97 Å². The molecule has 0 aliphatic carbocycles. The molecule has 8 heteroatoms. The minimum atomic E-state index is -0.731. The number of aliphatic imine (C=N–C) groups is 1. The molecule has 1 aromatic heterocycles. The number of aromatic hydroxyl groups is 2. The molecule has 0 aliphatic rings. The van der Waals surface area contributed by atoms with Crippen molar-refractivity contribution in [1.29, 1.82) is 0 Å². The van der Waals surface area contributed by atoms with E-state index >= 15 is 0 Å². The lowest BCUT2D eigenvalue weighted by atomic mass is 10.1. The summed E-state index contributed by atoms with van der Waals surface area (Å²) >= 11 is 0. The van der Waals surface area contributed by atoms with Crippen LogP contribution in [0.5, 0.6) is 11.8 Å². The first-order chi connectivity index (χ1) is 9.97. The van der Waals surface area contributed by atoms with E-state index in [-0.39, 0.29) is 23.3 Å². The molecule has 1 heterocycles. The minimum absolute atomic E-state index is 0.0166. The van der Waals surface area contributed by atoms with Gasteiger partial charge in [-0.2, -0.15) is 0 Å². The van der Waals surface area contributed by atoms with Gasteiger partial charge in [0.05, 0.1) is 12.1 Å². The van der Waals surface area contributed by atoms with Crippen LogP contribution in [-0.2, 0) is 6.54 Å². The largest absolute Gasteiger partial charge is 0.492 e. The molecule has 0 spiro atoms. The molecule has 6 N–H and O–H groups in total. The Balaban J connectivity index is 2.08. The van der Waals surface area contributed by atoms with Crippen molar-refractivity contribution in [3.05, 3.63) is 47.5 Å². The SMILES string of the molecule is NC(N)=NCc1ccc(C(=O)On2c(O)ccc2O)cc1. The first-order valence-corrected chi connectivity index (χ1v) is 5.94. The van der Waals surface area contributed by atoms with E-state index in [0.717, 1.165) is 5.56 Å². The van der Waals surface area contributed by atoms with E-state index in [1.807, 2.05) is 0 Å². The standard InChI is InChI=1S/C13H14N4O4/c14-13(15)16-7-8-1-3-9(4-2-8)12(20)21-17-10(18)5-6-11(17)19/h1-6,18-19H,7H2,(H4,14,15,16). The molecule has 0 unspecified atom stereocenters. The van der Waals surface area contributed by atoms with Crippen molar-refractivity contribution in [2.75, 3.05) is 0 Å². The summed E-state index contributed by atoms with van der Waals surface area (Å²) in [5, 5.41) is 18.8. The average Bonchev–Trinajstić information content (AvgIpc) is 2.77. The lowest BCUT2D eigenvalue weighted by Crippen LogP contribution is -2.22. The zero-order valence-corrected chi connectivity index (χ0v) is 10.9. The first-order valence-electron chi connectivity index (χ1n) is 5.94. The average molecular weight is 290 g/mol. The molecular formula is C13H14N4O4.